The molecule has 2 heteroatoms. The molecule has 0 saturated heterocycles. The van der Waals surface area contributed by atoms with Gasteiger partial charge in [0.2, 0.25) is 0 Å². The monoisotopic (exact) mass is 58.1 g/mol. The fraction of sp³-hybridized carbons (Fsp3) is 0.500. The Kier molecular flexibility index (Phi) is 2.14. The summed E-state index contributed by atoms with van der Waals surface area (Å²) in [5, 5.41) is 8.69. The van der Waals surface area contributed by atoms with Gasteiger partial charge in [-0.1, -0.05) is 0 Å². The van der Waals surface area contributed by atoms with Crippen molar-refractivity contribution in [3.63, 3.8) is 0 Å². The molecule has 24 valence electrons. The smallest absolute Gasteiger partial charge is 0.0788 e. The van der Waals surface area contributed by atoms with Crippen LogP contribution in [-0.4, -0.2) is 13.4 Å². The van der Waals surface area contributed by atoms with Gasteiger partial charge in [0.25, 0.3) is 0 Å². The van der Waals surface area contributed by atoms with Crippen LogP contribution >= 0.6 is 0 Å². The van der Waals surface area contributed by atoms with Gasteiger partial charge in [0, 0.05) is 7.05 Å². The largest absolute Gasteiger partial charge is 0.380 e. The van der Waals surface area contributed by atoms with Gasteiger partial charge in [-0.2, -0.15) is 0 Å². The molecule has 2 nitrogen and oxygen atoms in total. The van der Waals surface area contributed by atoms with Crippen LogP contribution in [0.2, 0.25) is 0 Å². The van der Waals surface area contributed by atoms with Crippen molar-refractivity contribution in [1.29, 1.82) is 5.41 Å². The van der Waals surface area contributed by atoms with E-state index < -0.39 is 0 Å². The molecule has 0 unspecified atom stereocenters. The molecule has 0 fully saturated rings. The number of hydrogen-bond acceptors (Lipinski definition) is 1. The molecule has 0 aliphatic rings. The van der Waals surface area contributed by atoms with Crippen LogP contribution in [0.1, 0.15) is 0 Å². The van der Waals surface area contributed by atoms with E-state index in [1.807, 2.05) is 0 Å². The van der Waals surface area contributed by atoms with Crippen molar-refractivity contribution in [3.8, 4) is 0 Å². The maximum absolute atomic E-state index is 6.22. The molecule has 0 heterocycles. The summed E-state index contributed by atoms with van der Waals surface area (Å²) in [5.41, 5.74) is 0. The lowest BCUT2D eigenvalue weighted by Crippen LogP contribution is -1.97. The maximum atomic E-state index is 6.22. The minimum atomic E-state index is 1.12. The number of nitrogens with one attached hydrogen (secondary N) is 2. The molecule has 0 aromatic carbocycles. The number of hydrogen-bond donors (Lipinski definition) is 2. The van der Waals surface area contributed by atoms with Crippen molar-refractivity contribution in [1.82, 2.24) is 5.32 Å². The van der Waals surface area contributed by atoms with E-state index in [0.29, 0.717) is 0 Å². The first-order valence-corrected chi connectivity index (χ1v) is 1.08. The first-order chi connectivity index (χ1) is 1.91. The molecule has 0 atom stereocenters. The van der Waals surface area contributed by atoms with Crippen molar-refractivity contribution in [3.05, 3.63) is 0 Å². The summed E-state index contributed by atoms with van der Waals surface area (Å²) >= 11 is 0. The molecule has 0 rings (SSSR count). The molecule has 0 aliphatic carbocycles. The quantitative estimate of drug-likeness (QED) is 0.318. The molecule has 0 radical (unpaired) electrons. The second kappa shape index (κ2) is 2.47. The van der Waals surface area contributed by atoms with Crippen molar-refractivity contribution >= 4 is 6.34 Å². The lowest BCUT2D eigenvalue weighted by atomic mass is 11.2. The summed E-state index contributed by atoms with van der Waals surface area (Å²) in [6.07, 6.45) is 1.12. The van der Waals surface area contributed by atoms with Crippen LogP contribution < -0.4 is 5.32 Å². The summed E-state index contributed by atoms with van der Waals surface area (Å²) in [6.45, 7) is 0. The first kappa shape index (κ1) is 3.47. The molecule has 0 aliphatic heterocycles. The highest BCUT2D eigenvalue weighted by Gasteiger charge is 1.37. The highest BCUT2D eigenvalue weighted by atomic mass is 14.8. The van der Waals surface area contributed by atoms with Crippen molar-refractivity contribution in [2.45, 2.75) is 0 Å². The van der Waals surface area contributed by atoms with E-state index in [9.17, 15) is 0 Å². The highest BCUT2D eigenvalue weighted by molar-refractivity contribution is 5.48. The SMILES string of the molecule is CNC=N. The maximum Gasteiger partial charge on any atom is 0.0788 e. The van der Waals surface area contributed by atoms with Crippen molar-refractivity contribution in [2.24, 2.45) is 0 Å². The van der Waals surface area contributed by atoms with Crippen LogP contribution in [0.3, 0.4) is 0 Å². The molecule has 0 aromatic heterocycles. The lowest BCUT2D eigenvalue weighted by molar-refractivity contribution is 1.19. The minimum Gasteiger partial charge on any atom is -0.380 e. The Morgan fingerprint density at radius 1 is 2.00 bits per heavy atom. The molecule has 0 bridgehead atoms. The van der Waals surface area contributed by atoms with E-state index in [1.54, 1.807) is 7.05 Å². The Bertz CT molecular complexity index is 18.0. The van der Waals surface area contributed by atoms with E-state index in [0.717, 1.165) is 6.34 Å². The topological polar surface area (TPSA) is 35.9 Å². The van der Waals surface area contributed by atoms with Gasteiger partial charge < -0.3 is 5.32 Å². The Morgan fingerprint density at radius 2 is 2.25 bits per heavy atom. The highest BCUT2D eigenvalue weighted by Crippen LogP contribution is 1.13. The van der Waals surface area contributed by atoms with E-state index in [4.69, 9.17) is 5.41 Å². The zero-order valence-electron chi connectivity index (χ0n) is 2.58. The molecule has 0 amide bonds. The van der Waals surface area contributed by atoms with Crippen LogP contribution in [0.4, 0.5) is 0 Å². The molecule has 0 saturated carbocycles. The summed E-state index contributed by atoms with van der Waals surface area (Å²) in [4.78, 5) is 0. The summed E-state index contributed by atoms with van der Waals surface area (Å²) in [6, 6.07) is 0. The fourth-order valence-electron chi connectivity index (χ4n) is 0. The molecule has 2 N–H and O–H groups in total. The minimum absolute atomic E-state index is 1.12. The molecule has 4 heavy (non-hydrogen) atoms. The van der Waals surface area contributed by atoms with Gasteiger partial charge in [-0.25, -0.2) is 0 Å². The Hall–Kier alpha value is -0.530. The average molecular weight is 58.1 g/mol. The summed E-state index contributed by atoms with van der Waals surface area (Å²) in [7, 11) is 1.69. The summed E-state index contributed by atoms with van der Waals surface area (Å²) in [5.74, 6) is 0. The Labute approximate surface area is 25.3 Å². The normalized spacial score (nSPS) is 5.25. The van der Waals surface area contributed by atoms with E-state index >= 15 is 0 Å². The zero-order chi connectivity index (χ0) is 3.41. The first-order valence-electron chi connectivity index (χ1n) is 1.08. The fourth-order valence-corrected chi connectivity index (χ4v) is 0. The molecule has 0 aromatic rings. The zero-order valence-corrected chi connectivity index (χ0v) is 2.58. The van der Waals surface area contributed by atoms with Crippen molar-refractivity contribution in [2.75, 3.05) is 7.05 Å². The molecular formula is C2H6N2. The van der Waals surface area contributed by atoms with Gasteiger partial charge in [-0.05, 0) is 0 Å². The van der Waals surface area contributed by atoms with Crippen molar-refractivity contribution < 1.29 is 0 Å². The Balaban J connectivity index is 2.30. The Morgan fingerprint density at radius 3 is 2.25 bits per heavy atom. The van der Waals surface area contributed by atoms with E-state index in [2.05, 4.69) is 5.32 Å². The summed E-state index contributed by atoms with van der Waals surface area (Å²) < 4.78 is 0. The second-order valence-corrected chi connectivity index (χ2v) is 0.433. The van der Waals surface area contributed by atoms with E-state index in [-0.39, 0.29) is 0 Å². The third-order valence-electron chi connectivity index (χ3n) is 0.144. The van der Waals surface area contributed by atoms with Crippen LogP contribution in [0.5, 0.6) is 0 Å². The van der Waals surface area contributed by atoms with E-state index in [1.165, 1.54) is 0 Å². The van der Waals surface area contributed by atoms with Gasteiger partial charge in [0.05, 0.1) is 6.34 Å². The van der Waals surface area contributed by atoms with Crippen LogP contribution in [-0.2, 0) is 0 Å². The third kappa shape index (κ3) is 1.47. The van der Waals surface area contributed by atoms with Gasteiger partial charge in [0.1, 0.15) is 0 Å². The molecular weight excluding hydrogens is 52.0 g/mol. The van der Waals surface area contributed by atoms with Crippen LogP contribution in [0.15, 0.2) is 0 Å². The average Bonchev–Trinajstić information content (AvgIpc) is 1.37. The number of rotatable bonds is 1. The third-order valence-corrected chi connectivity index (χ3v) is 0.144. The standard InChI is InChI=1S/C2H6N2/c1-4-2-3/h2H,1H3,(H2,3,4). The lowest BCUT2D eigenvalue weighted by Gasteiger charge is -1.68. The van der Waals surface area contributed by atoms with Gasteiger partial charge >= 0.3 is 0 Å². The van der Waals surface area contributed by atoms with Gasteiger partial charge in [0.15, 0.2) is 0 Å². The van der Waals surface area contributed by atoms with Gasteiger partial charge in [-0.3, -0.25) is 5.41 Å². The van der Waals surface area contributed by atoms with Gasteiger partial charge in [-0.15, -0.1) is 0 Å². The van der Waals surface area contributed by atoms with Crippen LogP contribution in [0.25, 0.3) is 0 Å². The predicted molar refractivity (Wildman–Crippen MR) is 17.8 cm³/mol. The predicted octanol–water partition coefficient (Wildman–Crippen LogP) is -0.187. The van der Waals surface area contributed by atoms with Crippen LogP contribution in [0, 0.1) is 5.41 Å². The molecule has 0 spiro atoms. The second-order valence-electron chi connectivity index (χ2n) is 0.433.